The maximum Gasteiger partial charge on any atom is 0.266 e. The molecule has 1 amide bonds. The molecule has 33 heavy (non-hydrogen) atoms. The van der Waals surface area contributed by atoms with E-state index in [1.54, 1.807) is 14.0 Å². The van der Waals surface area contributed by atoms with Gasteiger partial charge in [0.2, 0.25) is 6.41 Å². The lowest BCUT2D eigenvalue weighted by Gasteiger charge is -2.27. The Kier molecular flexibility index (Phi) is 6.43. The lowest BCUT2D eigenvalue weighted by Crippen LogP contribution is -2.22. The number of aromatic nitrogens is 2. The smallest absolute Gasteiger partial charge is 0.266 e. The van der Waals surface area contributed by atoms with Crippen molar-refractivity contribution in [3.8, 4) is 0 Å². The molecule has 176 valence electrons. The van der Waals surface area contributed by atoms with E-state index in [4.69, 9.17) is 0 Å². The Morgan fingerprint density at radius 2 is 1.94 bits per heavy atom. The number of nitrogens with zero attached hydrogens (tertiary/aromatic N) is 4. The zero-order valence-electron chi connectivity index (χ0n) is 19.0. The van der Waals surface area contributed by atoms with Crippen molar-refractivity contribution < 1.29 is 18.0 Å². The van der Waals surface area contributed by atoms with Crippen LogP contribution in [-0.4, -0.2) is 48.0 Å². The van der Waals surface area contributed by atoms with Crippen molar-refractivity contribution in [3.05, 3.63) is 52.6 Å². The fourth-order valence-electron chi connectivity index (χ4n) is 4.93. The van der Waals surface area contributed by atoms with Crippen molar-refractivity contribution >= 4 is 24.1 Å². The highest BCUT2D eigenvalue weighted by Gasteiger charge is 2.44. The zero-order valence-corrected chi connectivity index (χ0v) is 19.0. The van der Waals surface area contributed by atoms with Crippen molar-refractivity contribution in [1.82, 2.24) is 14.9 Å². The molecule has 0 radical (unpaired) electrons. The molecule has 2 aliphatic heterocycles. The zero-order chi connectivity index (χ0) is 23.8. The van der Waals surface area contributed by atoms with Crippen LogP contribution in [0.1, 0.15) is 55.8 Å². The number of rotatable bonds is 8. The number of carbonyl (C=O) groups excluding carboxylic acids is 1. The Hall–Kier alpha value is -2.94. The average molecular weight is 460 g/mol. The monoisotopic (exact) mass is 459 g/mol. The fraction of sp³-hybridized carbons (Fsp3) is 0.458. The van der Waals surface area contributed by atoms with Crippen LogP contribution in [-0.2, 0) is 4.79 Å². The predicted octanol–water partition coefficient (Wildman–Crippen LogP) is 4.82. The first-order chi connectivity index (χ1) is 15.8. The summed E-state index contributed by atoms with van der Waals surface area (Å²) in [6.45, 7) is 6.92. The van der Waals surface area contributed by atoms with Crippen LogP contribution < -0.4 is 10.2 Å². The molecule has 1 N–H and O–H groups in total. The maximum absolute atomic E-state index is 14.7. The van der Waals surface area contributed by atoms with E-state index >= 15 is 0 Å². The second kappa shape index (κ2) is 9.13. The molecule has 4 rings (SSSR count). The molecule has 1 atom stereocenters. The van der Waals surface area contributed by atoms with Crippen LogP contribution in [0.4, 0.5) is 24.8 Å². The summed E-state index contributed by atoms with van der Waals surface area (Å²) >= 11 is 0. The summed E-state index contributed by atoms with van der Waals surface area (Å²) in [5.41, 5.74) is 1.37. The Morgan fingerprint density at radius 1 is 1.24 bits per heavy atom. The minimum atomic E-state index is -2.90. The molecule has 2 saturated heterocycles. The highest BCUT2D eigenvalue weighted by Crippen LogP contribution is 2.47. The molecule has 2 aromatic rings. The molecule has 0 saturated carbocycles. The molecule has 0 spiro atoms. The molecule has 1 aromatic carbocycles. The lowest BCUT2D eigenvalue weighted by molar-refractivity contribution is -0.107. The van der Waals surface area contributed by atoms with Crippen LogP contribution >= 0.6 is 0 Å². The number of fused-ring (bicyclic) bond motifs is 2. The molecular weight excluding hydrogens is 431 g/mol. The van der Waals surface area contributed by atoms with E-state index in [2.05, 4.69) is 27.1 Å². The van der Waals surface area contributed by atoms with Crippen LogP contribution in [0.15, 0.2) is 30.1 Å². The molecule has 0 unspecified atom stereocenters. The number of hydrogen-bond acceptors (Lipinski definition) is 5. The number of benzene rings is 1. The quantitative estimate of drug-likeness (QED) is 0.574. The van der Waals surface area contributed by atoms with E-state index in [9.17, 15) is 18.0 Å². The van der Waals surface area contributed by atoms with Gasteiger partial charge in [0, 0.05) is 24.6 Å². The SMILES string of the molecule is C/C(=C\c1c(N[C@H](C)c2cccc(C(F)F)c2F)ncnc1N(C)C=O)C12CCN(CC1)C2. The lowest BCUT2D eigenvalue weighted by atomic mass is 9.77. The number of amides is 1. The van der Waals surface area contributed by atoms with E-state index in [0.29, 0.717) is 23.6 Å². The van der Waals surface area contributed by atoms with Gasteiger partial charge in [0.25, 0.3) is 6.43 Å². The van der Waals surface area contributed by atoms with E-state index in [0.717, 1.165) is 38.5 Å². The van der Waals surface area contributed by atoms with Crippen LogP contribution in [0.5, 0.6) is 0 Å². The molecule has 1 aromatic heterocycles. The standard InChI is InChI=1S/C24H28F3N5O/c1-15(24-7-9-32(12-24)10-8-24)11-19-22(28-13-29-23(19)31(3)14-33)30-16(2)17-5-4-6-18(20(17)25)21(26)27/h4-6,11,13-14,16,21H,7-10,12H2,1-3H3,(H,28,29,30)/b15-11+/t16-/m1/s1. The minimum Gasteiger partial charge on any atom is -0.363 e. The number of nitrogens with one attached hydrogen (secondary N) is 1. The Balaban J connectivity index is 1.73. The molecule has 0 aliphatic carbocycles. The summed E-state index contributed by atoms with van der Waals surface area (Å²) < 4.78 is 41.1. The van der Waals surface area contributed by atoms with Crippen molar-refractivity contribution in [2.45, 2.75) is 39.2 Å². The van der Waals surface area contributed by atoms with Crippen LogP contribution in [0, 0.1) is 11.2 Å². The van der Waals surface area contributed by atoms with Gasteiger partial charge >= 0.3 is 0 Å². The van der Waals surface area contributed by atoms with Gasteiger partial charge in [0.15, 0.2) is 0 Å². The highest BCUT2D eigenvalue weighted by molar-refractivity contribution is 5.83. The number of hydrogen-bond donors (Lipinski definition) is 1. The van der Waals surface area contributed by atoms with Crippen molar-refractivity contribution in [2.75, 3.05) is 36.9 Å². The summed E-state index contributed by atoms with van der Waals surface area (Å²) in [6.07, 6.45) is 3.25. The van der Waals surface area contributed by atoms with Gasteiger partial charge in [0.1, 0.15) is 23.8 Å². The van der Waals surface area contributed by atoms with Crippen LogP contribution in [0.3, 0.4) is 0 Å². The van der Waals surface area contributed by atoms with Gasteiger partial charge in [-0.15, -0.1) is 0 Å². The summed E-state index contributed by atoms with van der Waals surface area (Å²) in [5.74, 6) is -0.109. The minimum absolute atomic E-state index is 0.0907. The molecular formula is C24H28F3N5O. The summed E-state index contributed by atoms with van der Waals surface area (Å²) in [7, 11) is 1.60. The van der Waals surface area contributed by atoms with E-state index in [-0.39, 0.29) is 11.0 Å². The normalized spacial score (nSPS) is 23.1. The van der Waals surface area contributed by atoms with Gasteiger partial charge in [-0.05, 0) is 45.9 Å². The average Bonchev–Trinajstić information content (AvgIpc) is 3.42. The summed E-state index contributed by atoms with van der Waals surface area (Å²) in [6, 6.07) is 3.33. The van der Waals surface area contributed by atoms with Gasteiger partial charge in [-0.1, -0.05) is 23.8 Å². The van der Waals surface area contributed by atoms with Gasteiger partial charge in [-0.2, -0.15) is 0 Å². The second-order valence-electron chi connectivity index (χ2n) is 8.98. The highest BCUT2D eigenvalue weighted by atomic mass is 19.3. The largest absolute Gasteiger partial charge is 0.363 e. The molecule has 3 heterocycles. The molecule has 2 bridgehead atoms. The topological polar surface area (TPSA) is 61.4 Å². The number of anilines is 2. The van der Waals surface area contributed by atoms with Gasteiger partial charge in [0.05, 0.1) is 17.2 Å². The van der Waals surface area contributed by atoms with Gasteiger partial charge in [-0.3, -0.25) is 4.79 Å². The van der Waals surface area contributed by atoms with E-state index < -0.39 is 23.8 Å². The van der Waals surface area contributed by atoms with Crippen molar-refractivity contribution in [1.29, 1.82) is 0 Å². The molecule has 6 nitrogen and oxygen atoms in total. The summed E-state index contributed by atoms with van der Waals surface area (Å²) in [5, 5.41) is 3.16. The third kappa shape index (κ3) is 4.34. The van der Waals surface area contributed by atoms with Crippen molar-refractivity contribution in [3.63, 3.8) is 0 Å². The van der Waals surface area contributed by atoms with E-state index in [1.165, 1.54) is 28.9 Å². The second-order valence-corrected chi connectivity index (χ2v) is 8.98. The van der Waals surface area contributed by atoms with Crippen LogP contribution in [0.2, 0.25) is 0 Å². The molecule has 2 fully saturated rings. The first-order valence-corrected chi connectivity index (χ1v) is 11.0. The third-order valence-corrected chi connectivity index (χ3v) is 7.01. The number of alkyl halides is 2. The van der Waals surface area contributed by atoms with Crippen LogP contribution in [0.25, 0.3) is 6.08 Å². The molecule has 2 aliphatic rings. The third-order valence-electron chi connectivity index (χ3n) is 7.01. The van der Waals surface area contributed by atoms with Gasteiger partial charge in [-0.25, -0.2) is 23.1 Å². The molecule has 9 heteroatoms. The summed E-state index contributed by atoms with van der Waals surface area (Å²) in [4.78, 5) is 24.0. The Bertz CT molecular complexity index is 1070. The maximum atomic E-state index is 14.7. The Morgan fingerprint density at radius 3 is 2.55 bits per heavy atom. The van der Waals surface area contributed by atoms with Crippen molar-refractivity contribution in [2.24, 2.45) is 5.41 Å². The first kappa shape index (κ1) is 23.2. The predicted molar refractivity (Wildman–Crippen MR) is 122 cm³/mol. The fourth-order valence-corrected chi connectivity index (χ4v) is 4.93. The number of halogens is 3. The first-order valence-electron chi connectivity index (χ1n) is 11.0. The van der Waals surface area contributed by atoms with E-state index in [1.807, 2.05) is 6.08 Å². The number of carbonyl (C=O) groups is 1. The Labute approximate surface area is 191 Å². The number of piperidine rings is 1. The van der Waals surface area contributed by atoms with Gasteiger partial charge < -0.3 is 15.1 Å².